The molecule has 1 amide bonds. The van der Waals surface area contributed by atoms with Crippen LogP contribution >= 0.6 is 0 Å². The number of halogens is 2. The van der Waals surface area contributed by atoms with Crippen LogP contribution in [0.15, 0.2) is 36.4 Å². The third kappa shape index (κ3) is 4.32. The van der Waals surface area contributed by atoms with E-state index in [1.54, 1.807) is 42.3 Å². The number of hydrogen-bond acceptors (Lipinski definition) is 3. The van der Waals surface area contributed by atoms with Crippen molar-refractivity contribution in [1.82, 2.24) is 4.90 Å². The number of rotatable bonds is 5. The molecule has 0 saturated heterocycles. The number of benzene rings is 2. The maximum atomic E-state index is 13.8. The van der Waals surface area contributed by atoms with Crippen molar-refractivity contribution in [3.63, 3.8) is 0 Å². The monoisotopic (exact) mass is 343 g/mol. The molecule has 0 aliphatic heterocycles. The van der Waals surface area contributed by atoms with Crippen LogP contribution in [0, 0.1) is 23.0 Å². The quantitative estimate of drug-likeness (QED) is 0.895. The van der Waals surface area contributed by atoms with E-state index in [1.165, 1.54) is 0 Å². The Kier molecular flexibility index (Phi) is 5.71. The van der Waals surface area contributed by atoms with Gasteiger partial charge in [0.15, 0.2) is 11.6 Å². The average molecular weight is 343 g/mol. The molecule has 6 heteroatoms. The van der Waals surface area contributed by atoms with E-state index in [0.29, 0.717) is 5.56 Å². The molecule has 0 unspecified atom stereocenters. The zero-order valence-corrected chi connectivity index (χ0v) is 14.3. The predicted octanol–water partition coefficient (Wildman–Crippen LogP) is 3.93. The lowest BCUT2D eigenvalue weighted by Crippen LogP contribution is -2.32. The SMILES string of the molecule is CC(C)N(C)C(=O)c1ccc(CNc2c(F)cc(C#N)cc2F)cc1. The summed E-state index contributed by atoms with van der Waals surface area (Å²) in [6.45, 7) is 4.04. The zero-order valence-electron chi connectivity index (χ0n) is 14.3. The van der Waals surface area contributed by atoms with Crippen molar-refractivity contribution in [3.05, 3.63) is 64.7 Å². The van der Waals surface area contributed by atoms with Gasteiger partial charge in [-0.05, 0) is 43.7 Å². The predicted molar refractivity (Wildman–Crippen MR) is 92.1 cm³/mol. The summed E-state index contributed by atoms with van der Waals surface area (Å²) in [5.41, 5.74) is 0.971. The van der Waals surface area contributed by atoms with E-state index in [4.69, 9.17) is 5.26 Å². The van der Waals surface area contributed by atoms with E-state index >= 15 is 0 Å². The molecule has 0 aliphatic carbocycles. The second-order valence-corrected chi connectivity index (χ2v) is 5.99. The van der Waals surface area contributed by atoms with E-state index in [9.17, 15) is 13.6 Å². The van der Waals surface area contributed by atoms with Gasteiger partial charge in [0, 0.05) is 25.2 Å². The van der Waals surface area contributed by atoms with Gasteiger partial charge in [0.05, 0.1) is 11.6 Å². The fraction of sp³-hybridized carbons (Fsp3) is 0.263. The lowest BCUT2D eigenvalue weighted by Gasteiger charge is -2.21. The Balaban J connectivity index is 2.08. The molecule has 0 heterocycles. The molecule has 0 saturated carbocycles. The summed E-state index contributed by atoms with van der Waals surface area (Å²) in [5, 5.41) is 11.4. The molecule has 25 heavy (non-hydrogen) atoms. The Morgan fingerprint density at radius 1 is 1.20 bits per heavy atom. The molecule has 1 N–H and O–H groups in total. The summed E-state index contributed by atoms with van der Waals surface area (Å²) in [7, 11) is 1.74. The van der Waals surface area contributed by atoms with Crippen molar-refractivity contribution in [2.24, 2.45) is 0 Å². The van der Waals surface area contributed by atoms with Crippen LogP contribution < -0.4 is 5.32 Å². The number of nitrogens with zero attached hydrogens (tertiary/aromatic N) is 2. The number of nitriles is 1. The molecule has 4 nitrogen and oxygen atoms in total. The van der Waals surface area contributed by atoms with Gasteiger partial charge in [0.1, 0.15) is 5.69 Å². The van der Waals surface area contributed by atoms with Gasteiger partial charge in [-0.3, -0.25) is 4.79 Å². The van der Waals surface area contributed by atoms with Gasteiger partial charge >= 0.3 is 0 Å². The van der Waals surface area contributed by atoms with Gasteiger partial charge in [0.25, 0.3) is 5.91 Å². The van der Waals surface area contributed by atoms with Gasteiger partial charge < -0.3 is 10.2 Å². The van der Waals surface area contributed by atoms with Gasteiger partial charge in [-0.2, -0.15) is 5.26 Å². The number of anilines is 1. The Morgan fingerprint density at radius 3 is 2.24 bits per heavy atom. The first-order valence-corrected chi connectivity index (χ1v) is 7.82. The standard InChI is InChI=1S/C19H19F2N3O/c1-12(2)24(3)19(25)15-6-4-13(5-7-15)11-23-18-16(20)8-14(10-22)9-17(18)21/h4-9,12,23H,11H2,1-3H3. The second-order valence-electron chi connectivity index (χ2n) is 5.99. The molecule has 2 aromatic carbocycles. The molecule has 2 rings (SSSR count). The molecule has 0 bridgehead atoms. The lowest BCUT2D eigenvalue weighted by molar-refractivity contribution is 0.0755. The van der Waals surface area contributed by atoms with Gasteiger partial charge in [-0.1, -0.05) is 12.1 Å². The van der Waals surface area contributed by atoms with Crippen LogP contribution in [0.4, 0.5) is 14.5 Å². The van der Waals surface area contributed by atoms with Crippen LogP contribution in [0.3, 0.4) is 0 Å². The summed E-state index contributed by atoms with van der Waals surface area (Å²) in [6, 6.07) is 10.6. The largest absolute Gasteiger partial charge is 0.376 e. The minimum absolute atomic E-state index is 0.0716. The number of carbonyl (C=O) groups excluding carboxylic acids is 1. The highest BCUT2D eigenvalue weighted by molar-refractivity contribution is 5.94. The minimum atomic E-state index is -0.818. The van der Waals surface area contributed by atoms with Crippen molar-refractivity contribution in [3.8, 4) is 6.07 Å². The second kappa shape index (κ2) is 7.75. The smallest absolute Gasteiger partial charge is 0.253 e. The highest BCUT2D eigenvalue weighted by Crippen LogP contribution is 2.21. The first-order chi connectivity index (χ1) is 11.8. The summed E-state index contributed by atoms with van der Waals surface area (Å²) in [5.74, 6) is -1.72. The zero-order chi connectivity index (χ0) is 18.6. The highest BCUT2D eigenvalue weighted by Gasteiger charge is 2.14. The first kappa shape index (κ1) is 18.4. The fourth-order valence-electron chi connectivity index (χ4n) is 2.20. The normalized spacial score (nSPS) is 10.4. The topological polar surface area (TPSA) is 56.1 Å². The van der Waals surface area contributed by atoms with E-state index < -0.39 is 11.6 Å². The molecule has 0 aromatic heterocycles. The molecular weight excluding hydrogens is 324 g/mol. The molecular formula is C19H19F2N3O. The Morgan fingerprint density at radius 2 is 1.76 bits per heavy atom. The van der Waals surface area contributed by atoms with Gasteiger partial charge in [-0.25, -0.2) is 8.78 Å². The van der Waals surface area contributed by atoms with Crippen molar-refractivity contribution in [2.45, 2.75) is 26.4 Å². The summed E-state index contributed by atoms with van der Waals surface area (Å²) >= 11 is 0. The maximum absolute atomic E-state index is 13.8. The minimum Gasteiger partial charge on any atom is -0.376 e. The highest BCUT2D eigenvalue weighted by atomic mass is 19.1. The summed E-state index contributed by atoms with van der Waals surface area (Å²) in [4.78, 5) is 13.8. The number of amides is 1. The van der Waals surface area contributed by atoms with E-state index in [0.717, 1.165) is 17.7 Å². The van der Waals surface area contributed by atoms with Crippen molar-refractivity contribution >= 4 is 11.6 Å². The van der Waals surface area contributed by atoms with E-state index in [2.05, 4.69) is 5.32 Å². The number of nitrogens with one attached hydrogen (secondary N) is 1. The van der Waals surface area contributed by atoms with Crippen LogP contribution in [-0.2, 0) is 6.54 Å². The van der Waals surface area contributed by atoms with Gasteiger partial charge in [0.2, 0.25) is 0 Å². The third-order valence-corrected chi connectivity index (χ3v) is 3.94. The van der Waals surface area contributed by atoms with Crippen LogP contribution in [0.2, 0.25) is 0 Å². The van der Waals surface area contributed by atoms with Crippen LogP contribution in [0.5, 0.6) is 0 Å². The molecule has 0 spiro atoms. The Labute approximate surface area is 145 Å². The van der Waals surface area contributed by atoms with Crippen molar-refractivity contribution < 1.29 is 13.6 Å². The molecule has 0 aliphatic rings. The van der Waals surface area contributed by atoms with Crippen LogP contribution in [-0.4, -0.2) is 23.9 Å². The molecule has 130 valence electrons. The van der Waals surface area contributed by atoms with Crippen molar-refractivity contribution in [1.29, 1.82) is 5.26 Å². The number of carbonyl (C=O) groups is 1. The maximum Gasteiger partial charge on any atom is 0.253 e. The number of hydrogen-bond donors (Lipinski definition) is 1. The summed E-state index contributed by atoms with van der Waals surface area (Å²) < 4.78 is 27.7. The molecule has 2 aromatic rings. The van der Waals surface area contributed by atoms with Crippen LogP contribution in [0.25, 0.3) is 0 Å². The van der Waals surface area contributed by atoms with Gasteiger partial charge in [-0.15, -0.1) is 0 Å². The first-order valence-electron chi connectivity index (χ1n) is 7.82. The van der Waals surface area contributed by atoms with Crippen LogP contribution in [0.1, 0.15) is 35.3 Å². The summed E-state index contributed by atoms with van der Waals surface area (Å²) in [6.07, 6.45) is 0. The fourth-order valence-corrected chi connectivity index (χ4v) is 2.20. The Bertz CT molecular complexity index is 787. The van der Waals surface area contributed by atoms with E-state index in [1.807, 2.05) is 13.8 Å². The van der Waals surface area contributed by atoms with Crippen molar-refractivity contribution in [2.75, 3.05) is 12.4 Å². The Hall–Kier alpha value is -2.94. The average Bonchev–Trinajstić information content (AvgIpc) is 2.59. The third-order valence-electron chi connectivity index (χ3n) is 3.94. The molecule has 0 radical (unpaired) electrons. The molecule has 0 atom stereocenters. The van der Waals surface area contributed by atoms with E-state index in [-0.39, 0.29) is 29.7 Å². The molecule has 0 fully saturated rings. The lowest BCUT2D eigenvalue weighted by atomic mass is 10.1.